The van der Waals surface area contributed by atoms with Crippen LogP contribution in [0.4, 0.5) is 0 Å². The molecule has 2 N–H and O–H groups in total. The molecule has 1 aromatic carbocycles. The van der Waals surface area contributed by atoms with Crippen LogP contribution in [0.5, 0.6) is 0 Å². The van der Waals surface area contributed by atoms with Crippen molar-refractivity contribution >= 4 is 11.8 Å². The molecule has 1 aromatic rings. The van der Waals surface area contributed by atoms with Gasteiger partial charge in [0.15, 0.2) is 0 Å². The summed E-state index contributed by atoms with van der Waals surface area (Å²) in [6, 6.07) is 7.50. The van der Waals surface area contributed by atoms with Gasteiger partial charge in [-0.1, -0.05) is 46.8 Å². The van der Waals surface area contributed by atoms with Crippen LogP contribution in [-0.4, -0.2) is 23.9 Å². The molecule has 2 fully saturated rings. The van der Waals surface area contributed by atoms with Gasteiger partial charge in [0, 0.05) is 11.6 Å². The molecule has 3 rings (SSSR count). The molecule has 0 aromatic heterocycles. The van der Waals surface area contributed by atoms with E-state index in [1.54, 1.807) is 0 Å². The van der Waals surface area contributed by atoms with Crippen LogP contribution in [0.3, 0.4) is 0 Å². The van der Waals surface area contributed by atoms with Gasteiger partial charge in [-0.05, 0) is 66.5 Å². The molecule has 1 atom stereocenters. The predicted octanol–water partition coefficient (Wildman–Crippen LogP) is 4.04. The summed E-state index contributed by atoms with van der Waals surface area (Å²) in [4.78, 5) is 25.6. The molecule has 2 aliphatic carbocycles. The van der Waals surface area contributed by atoms with E-state index in [1.807, 2.05) is 38.1 Å². The molecule has 2 amide bonds. The Morgan fingerprint density at radius 3 is 1.85 bits per heavy atom. The maximum absolute atomic E-state index is 12.9. The van der Waals surface area contributed by atoms with E-state index in [4.69, 9.17) is 0 Å². The van der Waals surface area contributed by atoms with Gasteiger partial charge in [0.1, 0.15) is 6.04 Å². The molecule has 0 radical (unpaired) electrons. The van der Waals surface area contributed by atoms with E-state index in [9.17, 15) is 9.59 Å². The summed E-state index contributed by atoms with van der Waals surface area (Å²) in [6.07, 6.45) is 4.89. The Balaban J connectivity index is 1.64. The Hall–Kier alpha value is -1.84. The Morgan fingerprint density at radius 2 is 1.44 bits per heavy atom. The van der Waals surface area contributed by atoms with Gasteiger partial charge in [-0.15, -0.1) is 0 Å². The average Bonchev–Trinajstić information content (AvgIpc) is 3.49. The fourth-order valence-corrected chi connectivity index (χ4v) is 3.67. The first kappa shape index (κ1) is 19.9. The minimum absolute atomic E-state index is 0.0338. The zero-order valence-corrected chi connectivity index (χ0v) is 17.3. The van der Waals surface area contributed by atoms with E-state index < -0.39 is 6.04 Å². The van der Waals surface area contributed by atoms with Crippen LogP contribution in [0, 0.1) is 17.8 Å². The van der Waals surface area contributed by atoms with Crippen LogP contribution < -0.4 is 10.6 Å². The molecular formula is C23H34N2O2. The van der Waals surface area contributed by atoms with Crippen LogP contribution in [0.15, 0.2) is 24.3 Å². The Labute approximate surface area is 163 Å². The molecule has 27 heavy (non-hydrogen) atoms. The topological polar surface area (TPSA) is 58.2 Å². The SMILES string of the molecule is CC(C)C(NC(=O)c1ccc(C(C)(C)C)cc1)C(=O)NC(C1CC1)C1CC1. The van der Waals surface area contributed by atoms with Gasteiger partial charge in [0.2, 0.25) is 5.91 Å². The molecule has 2 aliphatic rings. The second-order valence-corrected chi connectivity index (χ2v) is 9.73. The summed E-state index contributed by atoms with van der Waals surface area (Å²) in [5.74, 6) is 1.12. The minimum atomic E-state index is -0.500. The number of carbonyl (C=O) groups is 2. The van der Waals surface area contributed by atoms with E-state index in [0.717, 1.165) is 0 Å². The number of hydrogen-bond donors (Lipinski definition) is 2. The van der Waals surface area contributed by atoms with Gasteiger partial charge in [0.25, 0.3) is 5.91 Å². The molecule has 0 saturated heterocycles. The summed E-state index contributed by atoms with van der Waals surface area (Å²) >= 11 is 0. The van der Waals surface area contributed by atoms with Crippen molar-refractivity contribution in [2.45, 2.75) is 77.8 Å². The molecule has 0 heterocycles. The fraction of sp³-hybridized carbons (Fsp3) is 0.652. The maximum Gasteiger partial charge on any atom is 0.251 e. The number of nitrogens with one attached hydrogen (secondary N) is 2. The molecule has 4 heteroatoms. The molecule has 0 bridgehead atoms. The molecule has 4 nitrogen and oxygen atoms in total. The Kier molecular flexibility index (Phi) is 5.64. The van der Waals surface area contributed by atoms with Crippen molar-refractivity contribution in [2.75, 3.05) is 0 Å². The highest BCUT2D eigenvalue weighted by molar-refractivity contribution is 5.97. The van der Waals surface area contributed by atoms with Gasteiger partial charge in [-0.3, -0.25) is 9.59 Å². The summed E-state index contributed by atoms with van der Waals surface area (Å²) in [5.41, 5.74) is 1.84. The lowest BCUT2D eigenvalue weighted by atomic mass is 9.86. The lowest BCUT2D eigenvalue weighted by Crippen LogP contribution is -2.53. The first-order chi connectivity index (χ1) is 12.7. The van der Waals surface area contributed by atoms with E-state index >= 15 is 0 Å². The smallest absolute Gasteiger partial charge is 0.251 e. The third-order valence-corrected chi connectivity index (χ3v) is 5.82. The van der Waals surface area contributed by atoms with E-state index in [2.05, 4.69) is 31.4 Å². The van der Waals surface area contributed by atoms with Crippen molar-refractivity contribution in [2.24, 2.45) is 17.8 Å². The summed E-state index contributed by atoms with van der Waals surface area (Å²) in [7, 11) is 0. The third-order valence-electron chi connectivity index (χ3n) is 5.82. The lowest BCUT2D eigenvalue weighted by Gasteiger charge is -2.26. The minimum Gasteiger partial charge on any atom is -0.351 e. The number of rotatable bonds is 7. The maximum atomic E-state index is 12.9. The Bertz CT molecular complexity index is 667. The third kappa shape index (κ3) is 5.12. The van der Waals surface area contributed by atoms with Crippen molar-refractivity contribution in [1.82, 2.24) is 10.6 Å². The van der Waals surface area contributed by atoms with Crippen molar-refractivity contribution in [3.63, 3.8) is 0 Å². The van der Waals surface area contributed by atoms with Gasteiger partial charge in [-0.2, -0.15) is 0 Å². The van der Waals surface area contributed by atoms with E-state index in [-0.39, 0.29) is 23.1 Å². The average molecular weight is 371 g/mol. The van der Waals surface area contributed by atoms with Crippen LogP contribution >= 0.6 is 0 Å². The highest BCUT2D eigenvalue weighted by atomic mass is 16.2. The second-order valence-electron chi connectivity index (χ2n) is 9.73. The first-order valence-electron chi connectivity index (χ1n) is 10.4. The van der Waals surface area contributed by atoms with Crippen LogP contribution in [0.25, 0.3) is 0 Å². The van der Waals surface area contributed by atoms with Crippen molar-refractivity contribution in [3.05, 3.63) is 35.4 Å². The highest BCUT2D eigenvalue weighted by Gasteiger charge is 2.43. The predicted molar refractivity (Wildman–Crippen MR) is 109 cm³/mol. The summed E-state index contributed by atoms with van der Waals surface area (Å²) in [5, 5.41) is 6.22. The zero-order chi connectivity index (χ0) is 19.8. The van der Waals surface area contributed by atoms with Gasteiger partial charge >= 0.3 is 0 Å². The number of carbonyl (C=O) groups excluding carboxylic acids is 2. The lowest BCUT2D eigenvalue weighted by molar-refractivity contribution is -0.125. The molecule has 148 valence electrons. The molecule has 0 aliphatic heterocycles. The van der Waals surface area contributed by atoms with Gasteiger partial charge in [-0.25, -0.2) is 0 Å². The molecule has 2 saturated carbocycles. The number of benzene rings is 1. The number of amides is 2. The highest BCUT2D eigenvalue weighted by Crippen LogP contribution is 2.44. The molecule has 1 unspecified atom stereocenters. The molecule has 0 spiro atoms. The molecular weight excluding hydrogens is 336 g/mol. The normalized spacial score (nSPS) is 18.5. The zero-order valence-electron chi connectivity index (χ0n) is 17.3. The van der Waals surface area contributed by atoms with Crippen LogP contribution in [0.1, 0.15) is 76.2 Å². The summed E-state index contributed by atoms with van der Waals surface area (Å²) < 4.78 is 0. The van der Waals surface area contributed by atoms with Gasteiger partial charge < -0.3 is 10.6 Å². The second kappa shape index (κ2) is 7.65. The first-order valence-corrected chi connectivity index (χ1v) is 10.4. The monoisotopic (exact) mass is 370 g/mol. The van der Waals surface area contributed by atoms with E-state index in [1.165, 1.54) is 31.2 Å². The number of hydrogen-bond acceptors (Lipinski definition) is 2. The van der Waals surface area contributed by atoms with Crippen LogP contribution in [0.2, 0.25) is 0 Å². The van der Waals surface area contributed by atoms with E-state index in [0.29, 0.717) is 23.4 Å². The largest absolute Gasteiger partial charge is 0.351 e. The Morgan fingerprint density at radius 1 is 0.926 bits per heavy atom. The quantitative estimate of drug-likeness (QED) is 0.761. The summed E-state index contributed by atoms with van der Waals surface area (Å²) in [6.45, 7) is 10.4. The fourth-order valence-electron chi connectivity index (χ4n) is 3.67. The standard InChI is InChI=1S/C23H34N2O2/c1-14(2)19(22(27)25-20(15-6-7-15)16-8-9-16)24-21(26)17-10-12-18(13-11-17)23(3,4)5/h10-16,19-20H,6-9H2,1-5H3,(H,24,26)(H,25,27). The van der Waals surface area contributed by atoms with Crippen molar-refractivity contribution < 1.29 is 9.59 Å². The van der Waals surface area contributed by atoms with Crippen molar-refractivity contribution in [3.8, 4) is 0 Å². The van der Waals surface area contributed by atoms with Gasteiger partial charge in [0.05, 0.1) is 0 Å². The van der Waals surface area contributed by atoms with Crippen molar-refractivity contribution in [1.29, 1.82) is 0 Å². The van der Waals surface area contributed by atoms with Crippen LogP contribution in [-0.2, 0) is 10.2 Å².